The van der Waals surface area contributed by atoms with Gasteiger partial charge in [-0.1, -0.05) is 0 Å². The molecule has 8 N–H and O–H groups in total. The number of phosphoric acid groups is 2. The van der Waals surface area contributed by atoms with Crippen molar-refractivity contribution in [2.45, 2.75) is 24.9 Å². The molecular weight excluding hydrogens is 422 g/mol. The minimum atomic E-state index is -4.87. The van der Waals surface area contributed by atoms with E-state index >= 15 is 0 Å². The minimum Gasteiger partial charge on any atom is -0.371 e. The van der Waals surface area contributed by atoms with Gasteiger partial charge in [0.25, 0.3) is 0 Å². The van der Waals surface area contributed by atoms with Crippen molar-refractivity contribution in [1.29, 1.82) is 0 Å². The molecule has 0 aromatic carbocycles. The molecule has 0 saturated carbocycles. The molecule has 0 bridgehead atoms. The Bertz CT molecular complexity index is 913. The number of rotatable bonds is 7. The molecule has 1 aliphatic rings. The van der Waals surface area contributed by atoms with Crippen molar-refractivity contribution in [3.05, 3.63) is 12.7 Å². The zero-order chi connectivity index (χ0) is 19.8. The molecule has 0 radical (unpaired) electrons. The van der Waals surface area contributed by atoms with Gasteiger partial charge in [-0.25, -0.2) is 24.1 Å². The van der Waals surface area contributed by atoms with Crippen LogP contribution in [0.15, 0.2) is 12.7 Å². The van der Waals surface area contributed by atoms with E-state index in [1.807, 2.05) is 0 Å². The normalized spacial score (nSPS) is 23.0. The SMILES string of the molecule is CNc1ncnc2c1ncn2[C@H]1C[C@H](OP(=O)(O)O)[C@@H](COP(=O)(O)O)O1.N. The molecule has 17 heteroatoms. The van der Waals surface area contributed by atoms with Crippen LogP contribution in [0, 0.1) is 0 Å². The number of imidazole rings is 1. The van der Waals surface area contributed by atoms with Crippen LogP contribution in [0.5, 0.6) is 0 Å². The second-order valence-corrected chi connectivity index (χ2v) is 8.01. The Balaban J connectivity index is 0.00000280. The molecule has 3 heterocycles. The fourth-order valence-electron chi connectivity index (χ4n) is 2.72. The van der Waals surface area contributed by atoms with Gasteiger partial charge in [-0.15, -0.1) is 0 Å². The molecule has 1 fully saturated rings. The van der Waals surface area contributed by atoms with Crippen molar-refractivity contribution in [2.75, 3.05) is 19.0 Å². The van der Waals surface area contributed by atoms with Crippen molar-refractivity contribution < 1.29 is 42.5 Å². The second kappa shape index (κ2) is 8.47. The molecule has 158 valence electrons. The third kappa shape index (κ3) is 5.30. The zero-order valence-corrected chi connectivity index (χ0v) is 16.3. The number of aromatic nitrogens is 4. The van der Waals surface area contributed by atoms with Crippen LogP contribution in [0.3, 0.4) is 0 Å². The van der Waals surface area contributed by atoms with Crippen LogP contribution in [-0.4, -0.2) is 65.0 Å². The third-order valence-electron chi connectivity index (χ3n) is 3.77. The maximum Gasteiger partial charge on any atom is 0.469 e. The molecule has 0 aliphatic carbocycles. The summed E-state index contributed by atoms with van der Waals surface area (Å²) in [6, 6.07) is 0. The van der Waals surface area contributed by atoms with Crippen LogP contribution in [0.1, 0.15) is 12.6 Å². The first-order valence-electron chi connectivity index (χ1n) is 7.52. The van der Waals surface area contributed by atoms with Crippen molar-refractivity contribution in [2.24, 2.45) is 0 Å². The van der Waals surface area contributed by atoms with E-state index in [0.717, 1.165) is 0 Å². The fraction of sp³-hybridized carbons (Fsp3) is 0.545. The molecule has 0 spiro atoms. The minimum absolute atomic E-state index is 0. The Morgan fingerprint density at radius 3 is 2.57 bits per heavy atom. The summed E-state index contributed by atoms with van der Waals surface area (Å²) in [4.78, 5) is 48.2. The van der Waals surface area contributed by atoms with Crippen LogP contribution < -0.4 is 11.5 Å². The number of anilines is 1. The van der Waals surface area contributed by atoms with Crippen molar-refractivity contribution in [3.8, 4) is 0 Å². The van der Waals surface area contributed by atoms with E-state index in [-0.39, 0.29) is 12.6 Å². The van der Waals surface area contributed by atoms with Gasteiger partial charge in [0.1, 0.15) is 30.3 Å². The summed E-state index contributed by atoms with van der Waals surface area (Å²) < 4.78 is 38.4. The lowest BCUT2D eigenvalue weighted by atomic mass is 10.2. The Morgan fingerprint density at radius 1 is 1.25 bits per heavy atom. The topological polar surface area (TPSA) is 233 Å². The summed E-state index contributed by atoms with van der Waals surface area (Å²) in [5.41, 5.74) is 0.844. The van der Waals surface area contributed by atoms with E-state index in [0.29, 0.717) is 17.0 Å². The molecular formula is C11H20N6O9P2. The number of hydrogen-bond acceptors (Lipinski definition) is 10. The quantitative estimate of drug-likeness (QED) is 0.307. The van der Waals surface area contributed by atoms with E-state index < -0.39 is 40.7 Å². The van der Waals surface area contributed by atoms with E-state index in [1.54, 1.807) is 7.05 Å². The van der Waals surface area contributed by atoms with Crippen molar-refractivity contribution in [1.82, 2.24) is 25.7 Å². The average Bonchev–Trinajstić information content (AvgIpc) is 3.14. The summed E-state index contributed by atoms with van der Waals surface area (Å²) in [6.45, 7) is -0.630. The van der Waals surface area contributed by atoms with Gasteiger partial charge in [-0.2, -0.15) is 0 Å². The highest BCUT2D eigenvalue weighted by molar-refractivity contribution is 7.46. The first-order chi connectivity index (χ1) is 12.6. The number of nitrogens with one attached hydrogen (secondary N) is 1. The van der Waals surface area contributed by atoms with Crippen LogP contribution in [0.2, 0.25) is 0 Å². The van der Waals surface area contributed by atoms with Gasteiger partial charge in [-0.3, -0.25) is 13.6 Å². The molecule has 1 saturated heterocycles. The van der Waals surface area contributed by atoms with E-state index in [9.17, 15) is 9.13 Å². The van der Waals surface area contributed by atoms with Crippen LogP contribution in [-0.2, 0) is 22.9 Å². The Labute approximate surface area is 158 Å². The lowest BCUT2D eigenvalue weighted by Crippen LogP contribution is -2.28. The summed E-state index contributed by atoms with van der Waals surface area (Å²) >= 11 is 0. The Kier molecular flexibility index (Phi) is 6.89. The highest BCUT2D eigenvalue weighted by atomic mass is 31.2. The van der Waals surface area contributed by atoms with E-state index in [1.165, 1.54) is 17.2 Å². The second-order valence-electron chi connectivity index (χ2n) is 5.58. The first kappa shape index (κ1) is 22.8. The summed E-state index contributed by atoms with van der Waals surface area (Å²) in [5.74, 6) is 0.473. The first-order valence-corrected chi connectivity index (χ1v) is 10.6. The standard InChI is InChI=1S/C11H17N5O9P2.H3N/c1-12-10-9-11(14-4-13-10)16(5-15-9)8-2-6(25-27(20,21)22)7(24-8)3-23-26(17,18)19;/h4-8H,2-3H2,1H3,(H,12,13,14)(H2,17,18,19)(H2,20,21,22);1H3/t6-,7+,8+;/m0./s1. The van der Waals surface area contributed by atoms with Gasteiger partial charge in [0, 0.05) is 13.5 Å². The molecule has 2 aromatic heterocycles. The van der Waals surface area contributed by atoms with Crippen LogP contribution in [0.4, 0.5) is 5.82 Å². The van der Waals surface area contributed by atoms with Crippen LogP contribution >= 0.6 is 15.6 Å². The summed E-state index contributed by atoms with van der Waals surface area (Å²) in [7, 11) is -8.02. The molecule has 28 heavy (non-hydrogen) atoms. The average molecular weight is 442 g/mol. The molecule has 2 aromatic rings. The maximum atomic E-state index is 11.2. The predicted molar refractivity (Wildman–Crippen MR) is 93.3 cm³/mol. The lowest BCUT2D eigenvalue weighted by Gasteiger charge is -2.19. The largest absolute Gasteiger partial charge is 0.469 e. The van der Waals surface area contributed by atoms with Crippen LogP contribution in [0.25, 0.3) is 11.2 Å². The van der Waals surface area contributed by atoms with E-state index in [4.69, 9.17) is 28.8 Å². The van der Waals surface area contributed by atoms with Crippen molar-refractivity contribution in [3.63, 3.8) is 0 Å². The maximum absolute atomic E-state index is 11.2. The molecule has 3 atom stereocenters. The molecule has 1 aliphatic heterocycles. The Hall–Kier alpha value is -1.51. The highest BCUT2D eigenvalue weighted by Gasteiger charge is 2.42. The molecule has 0 amide bonds. The Morgan fingerprint density at radius 2 is 1.96 bits per heavy atom. The summed E-state index contributed by atoms with van der Waals surface area (Å²) in [6.07, 6.45) is -0.449. The predicted octanol–water partition coefficient (Wildman–Crippen LogP) is -0.0953. The van der Waals surface area contributed by atoms with E-state index in [2.05, 4.69) is 24.8 Å². The van der Waals surface area contributed by atoms with Gasteiger partial charge >= 0.3 is 15.6 Å². The number of hydrogen-bond donors (Lipinski definition) is 6. The number of nitrogens with zero attached hydrogens (tertiary/aromatic N) is 4. The third-order valence-corrected chi connectivity index (χ3v) is 4.80. The number of fused-ring (bicyclic) bond motifs is 1. The monoisotopic (exact) mass is 442 g/mol. The number of phosphoric ester groups is 2. The lowest BCUT2D eigenvalue weighted by molar-refractivity contribution is -0.0417. The molecule has 0 unspecified atom stereocenters. The highest BCUT2D eigenvalue weighted by Crippen LogP contribution is 2.45. The zero-order valence-electron chi connectivity index (χ0n) is 14.5. The number of ether oxygens (including phenoxy) is 1. The van der Waals surface area contributed by atoms with Gasteiger partial charge in [-0.05, 0) is 0 Å². The summed E-state index contributed by atoms with van der Waals surface area (Å²) in [5, 5.41) is 2.86. The molecule has 15 nitrogen and oxygen atoms in total. The van der Waals surface area contributed by atoms with Crippen molar-refractivity contribution >= 4 is 32.6 Å². The van der Waals surface area contributed by atoms with Gasteiger partial charge < -0.3 is 35.8 Å². The fourth-order valence-corrected chi connectivity index (χ4v) is 3.64. The van der Waals surface area contributed by atoms with Gasteiger partial charge in [0.05, 0.1) is 12.9 Å². The smallest absolute Gasteiger partial charge is 0.371 e. The van der Waals surface area contributed by atoms with Gasteiger partial charge in [0.2, 0.25) is 0 Å². The molecule has 3 rings (SSSR count). The van der Waals surface area contributed by atoms with Gasteiger partial charge in [0.15, 0.2) is 11.5 Å².